The highest BCUT2D eigenvalue weighted by molar-refractivity contribution is 6.30. The summed E-state index contributed by atoms with van der Waals surface area (Å²) in [5, 5.41) is 9.75. The maximum Gasteiger partial charge on any atom is 0.145 e. The van der Waals surface area contributed by atoms with E-state index in [4.69, 9.17) is 4.42 Å². The Labute approximate surface area is 304 Å². The lowest BCUT2D eigenvalue weighted by Gasteiger charge is -2.24. The number of rotatable bonds is 2. The van der Waals surface area contributed by atoms with Gasteiger partial charge in [-0.2, -0.15) is 0 Å². The summed E-state index contributed by atoms with van der Waals surface area (Å²) in [5.74, 6) is 0.357. The molecule has 246 valence electrons. The normalized spacial score (nSPS) is 16.1. The average Bonchev–Trinajstić information content (AvgIpc) is 3.95. The summed E-state index contributed by atoms with van der Waals surface area (Å²) < 4.78 is 11.9. The summed E-state index contributed by atoms with van der Waals surface area (Å²) in [6, 6.07) is 47.1. The molecular weight excluding hydrogens is 645 g/mol. The maximum absolute atomic E-state index is 6.82. The zero-order valence-corrected chi connectivity index (χ0v) is 28.7. The van der Waals surface area contributed by atoms with Crippen LogP contribution in [0, 0.1) is 5.92 Å². The summed E-state index contributed by atoms with van der Waals surface area (Å²) >= 11 is 0. The van der Waals surface area contributed by atoms with Gasteiger partial charge in [-0.05, 0) is 87.5 Å². The van der Waals surface area contributed by atoms with E-state index in [2.05, 4.69) is 173 Å². The molecular formula is C50H30N2O. The van der Waals surface area contributed by atoms with Crippen molar-refractivity contribution in [2.24, 2.45) is 5.92 Å². The third-order valence-corrected chi connectivity index (χ3v) is 12.2. The Bertz CT molecular complexity index is 3430. The molecule has 0 N–H and O–H groups in total. The van der Waals surface area contributed by atoms with Crippen molar-refractivity contribution in [3.8, 4) is 27.9 Å². The first kappa shape index (κ1) is 27.8. The molecule has 3 heteroatoms. The van der Waals surface area contributed by atoms with Gasteiger partial charge < -0.3 is 13.6 Å². The van der Waals surface area contributed by atoms with E-state index in [1.807, 2.05) is 0 Å². The molecule has 1 unspecified atom stereocenters. The van der Waals surface area contributed by atoms with Crippen LogP contribution in [0.5, 0.6) is 0 Å². The summed E-state index contributed by atoms with van der Waals surface area (Å²) in [5.41, 5.74) is 15.7. The van der Waals surface area contributed by atoms with E-state index in [1.54, 1.807) is 0 Å². The van der Waals surface area contributed by atoms with Crippen molar-refractivity contribution in [2.45, 2.75) is 6.42 Å². The summed E-state index contributed by atoms with van der Waals surface area (Å²) in [6.07, 6.45) is 14.5. The SMILES string of the molecule is C1=CC2=CC=C(n3c4ccccc4c4ccc5c6c7oc8ccccc8c7ccc6n(-c6cc7c8c(cccc8c6)-c6ccccc6-7)c5c43)CC2C=C1. The number of benzene rings is 7. The Kier molecular flexibility index (Phi) is 5.22. The molecule has 7 aromatic carbocycles. The zero-order valence-electron chi connectivity index (χ0n) is 28.7. The number of hydrogen-bond acceptors (Lipinski definition) is 1. The van der Waals surface area contributed by atoms with Crippen molar-refractivity contribution >= 4 is 82.0 Å². The minimum absolute atomic E-state index is 0.357. The highest BCUT2D eigenvalue weighted by Crippen LogP contribution is 2.50. The van der Waals surface area contributed by atoms with E-state index in [-0.39, 0.29) is 0 Å². The van der Waals surface area contributed by atoms with Crippen molar-refractivity contribution in [2.75, 3.05) is 0 Å². The van der Waals surface area contributed by atoms with Crippen molar-refractivity contribution in [3.63, 3.8) is 0 Å². The molecule has 0 saturated heterocycles. The van der Waals surface area contributed by atoms with Crippen molar-refractivity contribution < 1.29 is 4.42 Å². The van der Waals surface area contributed by atoms with Gasteiger partial charge in [0.1, 0.15) is 11.2 Å². The van der Waals surface area contributed by atoms with Gasteiger partial charge in [-0.3, -0.25) is 0 Å². The Hall–Kier alpha value is -6.84. The van der Waals surface area contributed by atoms with Crippen LogP contribution in [-0.2, 0) is 0 Å². The fraction of sp³-hybridized carbons (Fsp3) is 0.0400. The Morgan fingerprint density at radius 2 is 1.30 bits per heavy atom. The Morgan fingerprint density at radius 3 is 2.25 bits per heavy atom. The number of furan rings is 1. The minimum atomic E-state index is 0.357. The summed E-state index contributed by atoms with van der Waals surface area (Å²) in [4.78, 5) is 0. The zero-order chi connectivity index (χ0) is 34.4. The molecule has 3 aliphatic carbocycles. The third-order valence-electron chi connectivity index (χ3n) is 12.2. The van der Waals surface area contributed by atoms with Gasteiger partial charge in [0.2, 0.25) is 0 Å². The molecule has 0 saturated carbocycles. The molecule has 3 heterocycles. The maximum atomic E-state index is 6.82. The predicted molar refractivity (Wildman–Crippen MR) is 222 cm³/mol. The van der Waals surface area contributed by atoms with Crippen LogP contribution < -0.4 is 0 Å². The molecule has 3 nitrogen and oxygen atoms in total. The number of aromatic nitrogens is 2. The van der Waals surface area contributed by atoms with E-state index in [1.165, 1.54) is 77.0 Å². The molecule has 3 aromatic heterocycles. The van der Waals surface area contributed by atoms with E-state index in [9.17, 15) is 0 Å². The van der Waals surface area contributed by atoms with Crippen LogP contribution >= 0.6 is 0 Å². The number of allylic oxidation sites excluding steroid dienone is 8. The van der Waals surface area contributed by atoms with Gasteiger partial charge in [0.25, 0.3) is 0 Å². The number of para-hydroxylation sites is 2. The van der Waals surface area contributed by atoms with E-state index >= 15 is 0 Å². The first-order valence-corrected chi connectivity index (χ1v) is 18.5. The topological polar surface area (TPSA) is 23.0 Å². The number of fused-ring (bicyclic) bond motifs is 15. The first-order valence-electron chi connectivity index (χ1n) is 18.5. The second kappa shape index (κ2) is 9.93. The van der Waals surface area contributed by atoms with Crippen LogP contribution in [0.3, 0.4) is 0 Å². The van der Waals surface area contributed by atoms with E-state index < -0.39 is 0 Å². The average molecular weight is 675 g/mol. The molecule has 1 atom stereocenters. The van der Waals surface area contributed by atoms with Gasteiger partial charge in [0.05, 0.1) is 27.5 Å². The molecule has 13 rings (SSSR count). The second-order valence-corrected chi connectivity index (χ2v) is 14.8. The fourth-order valence-corrected chi connectivity index (χ4v) is 9.93. The minimum Gasteiger partial charge on any atom is -0.455 e. The van der Waals surface area contributed by atoms with Crippen LogP contribution in [0.1, 0.15) is 6.42 Å². The Balaban J connectivity index is 1.24. The lowest BCUT2D eigenvalue weighted by Crippen LogP contribution is -2.10. The largest absolute Gasteiger partial charge is 0.455 e. The molecule has 0 aliphatic heterocycles. The molecule has 3 aliphatic rings. The Morgan fingerprint density at radius 1 is 0.528 bits per heavy atom. The predicted octanol–water partition coefficient (Wildman–Crippen LogP) is 13.5. The fourth-order valence-electron chi connectivity index (χ4n) is 9.93. The van der Waals surface area contributed by atoms with Crippen LogP contribution in [0.15, 0.2) is 174 Å². The van der Waals surface area contributed by atoms with Crippen molar-refractivity contribution in [3.05, 3.63) is 169 Å². The van der Waals surface area contributed by atoms with E-state index in [0.717, 1.165) is 44.9 Å². The third kappa shape index (κ3) is 3.54. The van der Waals surface area contributed by atoms with Crippen molar-refractivity contribution in [1.29, 1.82) is 0 Å². The van der Waals surface area contributed by atoms with E-state index in [0.29, 0.717) is 5.92 Å². The van der Waals surface area contributed by atoms with Crippen LogP contribution in [0.2, 0.25) is 0 Å². The lowest BCUT2D eigenvalue weighted by atomic mass is 9.86. The van der Waals surface area contributed by atoms with Crippen LogP contribution in [0.25, 0.3) is 110 Å². The standard InChI is InChI=1S/C50H30N2O/c1-2-11-30-26-32(21-20-29(30)10-1)51-43-18-7-5-15-36(43)39-22-23-41-47-44(25-24-40-37-16-6-8-19-45(37)53-50(40)47)52(49(41)48(39)51)33-27-31-12-9-17-38-34-13-3-4-14-35(34)42(28-33)46(31)38/h1-25,27-28,30H,26H2. The lowest BCUT2D eigenvalue weighted by molar-refractivity contribution is 0.673. The quantitative estimate of drug-likeness (QED) is 0.179. The number of nitrogens with zero attached hydrogens (tertiary/aromatic N) is 2. The molecule has 0 amide bonds. The van der Waals surface area contributed by atoms with Gasteiger partial charge in [0, 0.05) is 44.2 Å². The first-order chi connectivity index (χ1) is 26.3. The monoisotopic (exact) mass is 674 g/mol. The molecule has 0 bridgehead atoms. The molecule has 0 spiro atoms. The summed E-state index contributed by atoms with van der Waals surface area (Å²) in [7, 11) is 0. The smallest absolute Gasteiger partial charge is 0.145 e. The van der Waals surface area contributed by atoms with Gasteiger partial charge >= 0.3 is 0 Å². The molecule has 10 aromatic rings. The van der Waals surface area contributed by atoms with Crippen LogP contribution in [-0.4, -0.2) is 9.13 Å². The number of hydrogen-bond donors (Lipinski definition) is 0. The highest BCUT2D eigenvalue weighted by Gasteiger charge is 2.28. The highest BCUT2D eigenvalue weighted by atomic mass is 16.3. The van der Waals surface area contributed by atoms with Gasteiger partial charge in [-0.25, -0.2) is 0 Å². The molecule has 0 radical (unpaired) electrons. The molecule has 0 fully saturated rings. The van der Waals surface area contributed by atoms with Crippen molar-refractivity contribution in [1.82, 2.24) is 9.13 Å². The van der Waals surface area contributed by atoms with Crippen LogP contribution in [0.4, 0.5) is 0 Å². The summed E-state index contributed by atoms with van der Waals surface area (Å²) in [6.45, 7) is 0. The van der Waals surface area contributed by atoms with Gasteiger partial charge in [-0.15, -0.1) is 0 Å². The van der Waals surface area contributed by atoms with Gasteiger partial charge in [-0.1, -0.05) is 121 Å². The van der Waals surface area contributed by atoms with Gasteiger partial charge in [0.15, 0.2) is 0 Å². The molecule has 53 heavy (non-hydrogen) atoms. The second-order valence-electron chi connectivity index (χ2n) is 14.8.